The van der Waals surface area contributed by atoms with Crippen LogP contribution in [0.5, 0.6) is 5.75 Å². The molecule has 0 aliphatic heterocycles. The van der Waals surface area contributed by atoms with E-state index in [4.69, 9.17) is 5.11 Å². The van der Waals surface area contributed by atoms with E-state index in [1.807, 2.05) is 7.05 Å². The van der Waals surface area contributed by atoms with E-state index < -0.39 is 5.56 Å². The molecule has 1 aromatic heterocycles. The third kappa shape index (κ3) is 2.96. The van der Waals surface area contributed by atoms with Crippen molar-refractivity contribution in [1.82, 2.24) is 10.3 Å². The van der Waals surface area contributed by atoms with Crippen molar-refractivity contribution in [2.75, 3.05) is 13.6 Å². The first kappa shape index (κ1) is 10.4. The first-order chi connectivity index (χ1) is 6.74. The molecule has 0 aromatic carbocycles. The summed E-state index contributed by atoms with van der Waals surface area (Å²) in [6.07, 6.45) is 2.21. The minimum absolute atomic E-state index is 0.301. The van der Waals surface area contributed by atoms with Gasteiger partial charge in [-0.15, -0.1) is 0 Å². The van der Waals surface area contributed by atoms with Crippen LogP contribution in [-0.4, -0.2) is 23.7 Å². The molecule has 4 heteroatoms. The van der Waals surface area contributed by atoms with Gasteiger partial charge in [0.1, 0.15) is 0 Å². The summed E-state index contributed by atoms with van der Waals surface area (Å²) in [6, 6.07) is 1.35. The maximum Gasteiger partial charge on any atom is 0.290 e. The van der Waals surface area contributed by atoms with Gasteiger partial charge in [0.2, 0.25) is 0 Å². The summed E-state index contributed by atoms with van der Waals surface area (Å²) in [7, 11) is 1.85. The van der Waals surface area contributed by atoms with Crippen LogP contribution < -0.4 is 10.9 Å². The van der Waals surface area contributed by atoms with Gasteiger partial charge in [-0.05, 0) is 7.05 Å². The molecule has 1 aromatic rings. The number of aromatic nitrogens is 1. The van der Waals surface area contributed by atoms with Crippen molar-refractivity contribution in [3.05, 3.63) is 28.2 Å². The van der Waals surface area contributed by atoms with Crippen LogP contribution >= 0.6 is 0 Å². The topological polar surface area (TPSA) is 65.1 Å². The Hall–Kier alpha value is -1.73. The van der Waals surface area contributed by atoms with Gasteiger partial charge in [-0.25, -0.2) is 0 Å². The fourth-order valence-electron chi connectivity index (χ4n) is 0.896. The SMILES string of the molecule is CNCCC#Cc1c[nH]c(=O)c(O)c1. The van der Waals surface area contributed by atoms with Gasteiger partial charge in [-0.2, -0.15) is 0 Å². The Morgan fingerprint density at radius 1 is 1.64 bits per heavy atom. The Kier molecular flexibility index (Phi) is 3.77. The summed E-state index contributed by atoms with van der Waals surface area (Å²) in [5.41, 5.74) is 0.115. The fourth-order valence-corrected chi connectivity index (χ4v) is 0.896. The summed E-state index contributed by atoms with van der Waals surface area (Å²) >= 11 is 0. The van der Waals surface area contributed by atoms with Crippen molar-refractivity contribution in [3.63, 3.8) is 0 Å². The number of H-pyrrole nitrogens is 1. The summed E-state index contributed by atoms with van der Waals surface area (Å²) < 4.78 is 0. The number of pyridine rings is 1. The number of aromatic hydroxyl groups is 1. The summed E-state index contributed by atoms with van der Waals surface area (Å²) in [4.78, 5) is 13.2. The molecule has 0 spiro atoms. The molecule has 14 heavy (non-hydrogen) atoms. The van der Waals surface area contributed by atoms with Crippen molar-refractivity contribution in [2.24, 2.45) is 0 Å². The lowest BCUT2D eigenvalue weighted by atomic mass is 10.2. The van der Waals surface area contributed by atoms with Gasteiger partial charge < -0.3 is 15.4 Å². The predicted molar refractivity (Wildman–Crippen MR) is 54.1 cm³/mol. The average Bonchev–Trinajstić information content (AvgIpc) is 2.18. The standard InChI is InChI=1S/C10H12N2O2/c1-11-5-3-2-4-8-6-9(13)10(14)12-7-8/h6-7,11,13H,3,5H2,1H3,(H,12,14). The molecule has 4 nitrogen and oxygen atoms in total. The third-order valence-corrected chi connectivity index (χ3v) is 1.62. The number of rotatable bonds is 2. The molecule has 0 saturated carbocycles. The number of aromatic amines is 1. The van der Waals surface area contributed by atoms with Crippen molar-refractivity contribution >= 4 is 0 Å². The first-order valence-corrected chi connectivity index (χ1v) is 4.29. The molecule has 0 saturated heterocycles. The van der Waals surface area contributed by atoms with E-state index >= 15 is 0 Å². The normalized spacial score (nSPS) is 9.21. The van der Waals surface area contributed by atoms with E-state index in [-0.39, 0.29) is 5.75 Å². The summed E-state index contributed by atoms with van der Waals surface area (Å²) in [5, 5.41) is 12.0. The fraction of sp³-hybridized carbons (Fsp3) is 0.300. The molecule has 0 atom stereocenters. The van der Waals surface area contributed by atoms with Gasteiger partial charge in [0.15, 0.2) is 5.75 Å². The molecule has 74 valence electrons. The third-order valence-electron chi connectivity index (χ3n) is 1.62. The van der Waals surface area contributed by atoms with E-state index in [1.165, 1.54) is 12.3 Å². The maximum atomic E-state index is 10.8. The number of hydrogen-bond acceptors (Lipinski definition) is 3. The monoisotopic (exact) mass is 192 g/mol. The van der Waals surface area contributed by atoms with Crippen molar-refractivity contribution < 1.29 is 5.11 Å². The number of hydrogen-bond donors (Lipinski definition) is 3. The zero-order chi connectivity index (χ0) is 10.4. The predicted octanol–water partition coefficient (Wildman–Crippen LogP) is 0.0415. The van der Waals surface area contributed by atoms with Crippen LogP contribution in [0.1, 0.15) is 12.0 Å². The molecule has 0 fully saturated rings. The highest BCUT2D eigenvalue weighted by atomic mass is 16.3. The molecule has 3 N–H and O–H groups in total. The van der Waals surface area contributed by atoms with Gasteiger partial charge in [-0.1, -0.05) is 11.8 Å². The van der Waals surface area contributed by atoms with Crippen molar-refractivity contribution in [1.29, 1.82) is 0 Å². The quantitative estimate of drug-likeness (QED) is 0.458. The second kappa shape index (κ2) is 5.10. The molecule has 1 heterocycles. The lowest BCUT2D eigenvalue weighted by Gasteiger charge is -1.91. The van der Waals surface area contributed by atoms with E-state index in [1.54, 1.807) is 0 Å². The van der Waals surface area contributed by atoms with Crippen LogP contribution in [0.4, 0.5) is 0 Å². The number of nitrogens with one attached hydrogen (secondary N) is 2. The Morgan fingerprint density at radius 2 is 2.43 bits per heavy atom. The second-order valence-electron chi connectivity index (χ2n) is 2.76. The summed E-state index contributed by atoms with van der Waals surface area (Å²) in [6.45, 7) is 0.822. The molecule has 0 aliphatic rings. The van der Waals surface area contributed by atoms with Gasteiger partial charge in [0, 0.05) is 30.8 Å². The molecule has 0 radical (unpaired) electrons. The van der Waals surface area contributed by atoms with E-state index in [0.29, 0.717) is 5.56 Å². The van der Waals surface area contributed by atoms with Crippen LogP contribution in [0.2, 0.25) is 0 Å². The minimum atomic E-state index is -0.495. The Labute approximate surface area is 82.0 Å². The van der Waals surface area contributed by atoms with Crippen molar-refractivity contribution in [3.8, 4) is 17.6 Å². The molecule has 0 unspecified atom stereocenters. The highest BCUT2D eigenvalue weighted by Gasteiger charge is 1.95. The van der Waals surface area contributed by atoms with Gasteiger partial charge in [0.25, 0.3) is 5.56 Å². The lowest BCUT2D eigenvalue weighted by Crippen LogP contribution is -2.06. The largest absolute Gasteiger partial charge is 0.503 e. The lowest BCUT2D eigenvalue weighted by molar-refractivity contribution is 0.466. The maximum absolute atomic E-state index is 10.8. The highest BCUT2D eigenvalue weighted by Crippen LogP contribution is 2.01. The van der Waals surface area contributed by atoms with Crippen LogP contribution in [0.15, 0.2) is 17.1 Å². The average molecular weight is 192 g/mol. The van der Waals surface area contributed by atoms with E-state index in [9.17, 15) is 4.79 Å². The van der Waals surface area contributed by atoms with Crippen molar-refractivity contribution in [2.45, 2.75) is 6.42 Å². The zero-order valence-corrected chi connectivity index (χ0v) is 7.92. The van der Waals surface area contributed by atoms with Crippen LogP contribution in [0.25, 0.3) is 0 Å². The molecular formula is C10H12N2O2. The van der Waals surface area contributed by atoms with Gasteiger partial charge in [-0.3, -0.25) is 4.79 Å². The molecule has 1 rings (SSSR count). The molecule has 0 amide bonds. The second-order valence-corrected chi connectivity index (χ2v) is 2.76. The van der Waals surface area contributed by atoms with Crippen LogP contribution in [-0.2, 0) is 0 Å². The van der Waals surface area contributed by atoms with Crippen LogP contribution in [0, 0.1) is 11.8 Å². The van der Waals surface area contributed by atoms with Crippen LogP contribution in [0.3, 0.4) is 0 Å². The van der Waals surface area contributed by atoms with E-state index in [2.05, 4.69) is 22.1 Å². The Morgan fingerprint density at radius 3 is 3.07 bits per heavy atom. The highest BCUT2D eigenvalue weighted by molar-refractivity contribution is 5.36. The molecule has 0 aliphatic carbocycles. The van der Waals surface area contributed by atoms with Gasteiger partial charge in [0.05, 0.1) is 0 Å². The smallest absolute Gasteiger partial charge is 0.290 e. The van der Waals surface area contributed by atoms with Gasteiger partial charge >= 0.3 is 0 Å². The summed E-state index contributed by atoms with van der Waals surface area (Å²) in [5.74, 6) is 5.43. The first-order valence-electron chi connectivity index (χ1n) is 4.29. The molecular weight excluding hydrogens is 180 g/mol. The molecule has 0 bridgehead atoms. The van der Waals surface area contributed by atoms with E-state index in [0.717, 1.165) is 13.0 Å². The Bertz CT molecular complexity index is 412. The zero-order valence-electron chi connectivity index (χ0n) is 7.92. The Balaban J connectivity index is 2.71. The minimum Gasteiger partial charge on any atom is -0.503 e.